The van der Waals surface area contributed by atoms with Crippen LogP contribution in [0.25, 0.3) is 0 Å². The first-order chi connectivity index (χ1) is 14.1. The van der Waals surface area contributed by atoms with Crippen molar-refractivity contribution in [1.29, 1.82) is 0 Å². The number of hydrogen-bond acceptors (Lipinski definition) is 4. The fraction of sp³-hybridized carbons (Fsp3) is 0.500. The van der Waals surface area contributed by atoms with E-state index >= 15 is 0 Å². The summed E-state index contributed by atoms with van der Waals surface area (Å²) in [4.78, 5) is 7.20. The molecule has 29 heavy (non-hydrogen) atoms. The van der Waals surface area contributed by atoms with E-state index in [2.05, 4.69) is 46.9 Å². The zero-order valence-corrected chi connectivity index (χ0v) is 17.9. The molecule has 1 aliphatic rings. The summed E-state index contributed by atoms with van der Waals surface area (Å²) in [6.45, 7) is 6.53. The lowest BCUT2D eigenvalue weighted by molar-refractivity contribution is 0.321. The lowest BCUT2D eigenvalue weighted by atomic mass is 10.2. The first-order valence-electron chi connectivity index (χ1n) is 10.2. The van der Waals surface area contributed by atoms with Gasteiger partial charge in [0.05, 0.1) is 20.8 Å². The predicted octanol–water partition coefficient (Wildman–Crippen LogP) is 2.37. The van der Waals surface area contributed by atoms with Crippen molar-refractivity contribution in [2.45, 2.75) is 32.5 Å². The van der Waals surface area contributed by atoms with Gasteiger partial charge in [-0.1, -0.05) is 0 Å². The van der Waals surface area contributed by atoms with Crippen LogP contribution in [0.4, 0.5) is 0 Å². The Hall–Kier alpha value is -2.67. The number of aryl methyl sites for hydroxylation is 1. The second kappa shape index (κ2) is 10.2. The van der Waals surface area contributed by atoms with Gasteiger partial charge in [0.15, 0.2) is 5.96 Å². The van der Waals surface area contributed by atoms with Crippen LogP contribution < -0.4 is 20.1 Å². The van der Waals surface area contributed by atoms with Crippen molar-refractivity contribution in [1.82, 2.24) is 20.1 Å². The maximum Gasteiger partial charge on any atom is 0.191 e. The van der Waals surface area contributed by atoms with E-state index in [1.54, 1.807) is 14.2 Å². The smallest absolute Gasteiger partial charge is 0.191 e. The molecule has 1 unspecified atom stereocenters. The van der Waals surface area contributed by atoms with E-state index in [1.807, 2.05) is 23.9 Å². The zero-order valence-electron chi connectivity index (χ0n) is 17.9. The fourth-order valence-corrected chi connectivity index (χ4v) is 3.65. The maximum atomic E-state index is 5.39. The van der Waals surface area contributed by atoms with Crippen molar-refractivity contribution in [2.75, 3.05) is 33.9 Å². The van der Waals surface area contributed by atoms with Gasteiger partial charge in [0.1, 0.15) is 11.5 Å². The summed E-state index contributed by atoms with van der Waals surface area (Å²) in [5.74, 6) is 2.54. The number of hydrogen-bond donors (Lipinski definition) is 2. The SMILES string of the molecule is CCNC(=NCc1ccn(C)c1)NC1CCN(Cc2cc(OC)cc(OC)c2)C1. The molecule has 1 atom stereocenters. The quantitative estimate of drug-likeness (QED) is 0.527. The van der Waals surface area contributed by atoms with E-state index in [4.69, 9.17) is 14.5 Å². The molecule has 0 saturated carbocycles. The summed E-state index contributed by atoms with van der Waals surface area (Å²) in [5.41, 5.74) is 2.41. The zero-order chi connectivity index (χ0) is 20.6. The van der Waals surface area contributed by atoms with E-state index in [-0.39, 0.29) is 0 Å². The number of nitrogens with zero attached hydrogens (tertiary/aromatic N) is 3. The Morgan fingerprint density at radius 2 is 1.93 bits per heavy atom. The van der Waals surface area contributed by atoms with Gasteiger partial charge in [-0.25, -0.2) is 4.99 Å². The van der Waals surface area contributed by atoms with E-state index in [0.717, 1.165) is 50.1 Å². The Morgan fingerprint density at radius 3 is 2.55 bits per heavy atom. The molecule has 158 valence electrons. The summed E-state index contributed by atoms with van der Waals surface area (Å²) >= 11 is 0. The molecule has 2 aromatic rings. The molecular weight excluding hydrogens is 366 g/mol. The monoisotopic (exact) mass is 399 g/mol. The summed E-state index contributed by atoms with van der Waals surface area (Å²) in [6, 6.07) is 8.55. The molecule has 0 aliphatic carbocycles. The lowest BCUT2D eigenvalue weighted by Gasteiger charge is -2.19. The van der Waals surface area contributed by atoms with Crippen molar-refractivity contribution in [2.24, 2.45) is 12.0 Å². The van der Waals surface area contributed by atoms with Gasteiger partial charge in [-0.15, -0.1) is 0 Å². The Labute approximate surface area is 173 Å². The van der Waals surface area contributed by atoms with Crippen LogP contribution in [0.15, 0.2) is 41.7 Å². The van der Waals surface area contributed by atoms with Gasteiger partial charge in [0.25, 0.3) is 0 Å². The van der Waals surface area contributed by atoms with Crippen molar-refractivity contribution in [3.63, 3.8) is 0 Å². The number of rotatable bonds is 8. The van der Waals surface area contributed by atoms with Gasteiger partial charge < -0.3 is 24.7 Å². The molecule has 1 fully saturated rings. The summed E-state index contributed by atoms with van der Waals surface area (Å²) in [6.07, 6.45) is 5.25. The third-order valence-electron chi connectivity index (χ3n) is 5.09. The number of guanidine groups is 1. The van der Waals surface area contributed by atoms with E-state index in [1.165, 1.54) is 11.1 Å². The van der Waals surface area contributed by atoms with Gasteiger partial charge >= 0.3 is 0 Å². The van der Waals surface area contributed by atoms with Crippen molar-refractivity contribution in [3.05, 3.63) is 47.8 Å². The van der Waals surface area contributed by atoms with E-state index in [9.17, 15) is 0 Å². The van der Waals surface area contributed by atoms with Gasteiger partial charge in [-0.2, -0.15) is 0 Å². The van der Waals surface area contributed by atoms with Gasteiger partial charge in [0, 0.05) is 57.7 Å². The molecule has 1 saturated heterocycles. The Bertz CT molecular complexity index is 795. The van der Waals surface area contributed by atoms with E-state index in [0.29, 0.717) is 12.6 Å². The lowest BCUT2D eigenvalue weighted by Crippen LogP contribution is -2.44. The molecule has 1 aliphatic heterocycles. The molecule has 0 amide bonds. The topological polar surface area (TPSA) is 63.1 Å². The molecule has 7 heteroatoms. The Kier molecular flexibility index (Phi) is 7.41. The van der Waals surface area contributed by atoms with Gasteiger partial charge in [-0.3, -0.25) is 4.90 Å². The highest BCUT2D eigenvalue weighted by atomic mass is 16.5. The minimum atomic E-state index is 0.385. The molecule has 3 rings (SSSR count). The first-order valence-corrected chi connectivity index (χ1v) is 10.2. The molecule has 1 aromatic heterocycles. The molecule has 1 aromatic carbocycles. The second-order valence-corrected chi connectivity index (χ2v) is 7.47. The van der Waals surface area contributed by atoms with Crippen LogP contribution in [0, 0.1) is 0 Å². The minimum Gasteiger partial charge on any atom is -0.497 e. The fourth-order valence-electron chi connectivity index (χ4n) is 3.65. The van der Waals surface area contributed by atoms with Crippen LogP contribution in [0.5, 0.6) is 11.5 Å². The van der Waals surface area contributed by atoms with Crippen LogP contribution in [-0.4, -0.2) is 55.3 Å². The Balaban J connectivity index is 1.56. The van der Waals surface area contributed by atoms with Gasteiger partial charge in [0.2, 0.25) is 0 Å². The first kappa shape index (κ1) is 21.0. The van der Waals surface area contributed by atoms with Crippen LogP contribution in [0.2, 0.25) is 0 Å². The van der Waals surface area contributed by atoms with Crippen LogP contribution in [-0.2, 0) is 20.1 Å². The third kappa shape index (κ3) is 6.15. The van der Waals surface area contributed by atoms with Crippen molar-refractivity contribution < 1.29 is 9.47 Å². The summed E-state index contributed by atoms with van der Waals surface area (Å²) in [5, 5.41) is 6.96. The Morgan fingerprint density at radius 1 is 1.17 bits per heavy atom. The average molecular weight is 400 g/mol. The molecule has 2 heterocycles. The number of aliphatic imine (C=N–C) groups is 1. The van der Waals surface area contributed by atoms with Crippen LogP contribution >= 0.6 is 0 Å². The minimum absolute atomic E-state index is 0.385. The highest BCUT2D eigenvalue weighted by Gasteiger charge is 2.23. The number of aromatic nitrogens is 1. The van der Waals surface area contributed by atoms with Gasteiger partial charge in [-0.05, 0) is 42.7 Å². The van der Waals surface area contributed by atoms with Crippen LogP contribution in [0.1, 0.15) is 24.5 Å². The standard InChI is InChI=1S/C22H33N5O2/c1-5-23-22(24-13-17-6-8-26(2)14-17)25-19-7-9-27(16-19)15-18-10-20(28-3)12-21(11-18)29-4/h6,8,10-12,14,19H,5,7,9,13,15-16H2,1-4H3,(H2,23,24,25). The number of ether oxygens (including phenoxy) is 2. The average Bonchev–Trinajstić information content (AvgIpc) is 3.34. The molecule has 0 radical (unpaired) electrons. The summed E-state index contributed by atoms with van der Waals surface area (Å²) < 4.78 is 12.8. The highest BCUT2D eigenvalue weighted by Crippen LogP contribution is 2.24. The molecule has 2 N–H and O–H groups in total. The molecule has 0 spiro atoms. The second-order valence-electron chi connectivity index (χ2n) is 7.47. The number of likely N-dealkylation sites (tertiary alicyclic amines) is 1. The van der Waals surface area contributed by atoms with Crippen LogP contribution in [0.3, 0.4) is 0 Å². The predicted molar refractivity (Wildman–Crippen MR) is 117 cm³/mol. The number of benzene rings is 1. The molecule has 7 nitrogen and oxygen atoms in total. The van der Waals surface area contributed by atoms with Crippen molar-refractivity contribution in [3.8, 4) is 11.5 Å². The number of nitrogens with one attached hydrogen (secondary N) is 2. The van der Waals surface area contributed by atoms with E-state index < -0.39 is 0 Å². The molecule has 0 bridgehead atoms. The maximum absolute atomic E-state index is 5.39. The number of methoxy groups -OCH3 is 2. The van der Waals surface area contributed by atoms with Crippen molar-refractivity contribution >= 4 is 5.96 Å². The summed E-state index contributed by atoms with van der Waals surface area (Å²) in [7, 11) is 5.40. The normalized spacial score (nSPS) is 17.4. The molecular formula is C22H33N5O2. The highest BCUT2D eigenvalue weighted by molar-refractivity contribution is 5.80. The largest absolute Gasteiger partial charge is 0.497 e. The third-order valence-corrected chi connectivity index (χ3v) is 5.09.